The summed E-state index contributed by atoms with van der Waals surface area (Å²) in [6.07, 6.45) is 0. The zero-order chi connectivity index (χ0) is 16.2. The van der Waals surface area contributed by atoms with Crippen LogP contribution in [0, 0.1) is 5.92 Å². The van der Waals surface area contributed by atoms with Gasteiger partial charge in [-0.25, -0.2) is 8.42 Å². The van der Waals surface area contributed by atoms with Crippen LogP contribution < -0.4 is 15.2 Å². The van der Waals surface area contributed by atoms with Crippen LogP contribution in [-0.4, -0.2) is 34.6 Å². The summed E-state index contributed by atoms with van der Waals surface area (Å²) < 4.78 is 36.5. The molecule has 0 saturated heterocycles. The van der Waals surface area contributed by atoms with Gasteiger partial charge in [0.25, 0.3) is 0 Å². The zero-order valence-electron chi connectivity index (χ0n) is 12.4. The lowest BCUT2D eigenvalue weighted by molar-refractivity contribution is -0.143. The molecule has 0 spiro atoms. The number of ether oxygens (including phenoxy) is 2. The van der Waals surface area contributed by atoms with E-state index in [0.717, 1.165) is 0 Å². The number of rotatable bonds is 6. The van der Waals surface area contributed by atoms with Gasteiger partial charge < -0.3 is 15.2 Å². The summed E-state index contributed by atoms with van der Waals surface area (Å²) in [7, 11) is -1.25. The second kappa shape index (κ2) is 6.77. The first kappa shape index (κ1) is 17.3. The summed E-state index contributed by atoms with van der Waals surface area (Å²) >= 11 is 0. The number of carbonyl (C=O) groups is 1. The van der Waals surface area contributed by atoms with Gasteiger partial charge in [0, 0.05) is 0 Å². The van der Waals surface area contributed by atoms with Crippen LogP contribution in [0.2, 0.25) is 0 Å². The van der Waals surface area contributed by atoms with Crippen molar-refractivity contribution in [2.24, 2.45) is 5.92 Å². The molecule has 0 aliphatic carbocycles. The maximum absolute atomic E-state index is 12.3. The number of sulfonamides is 1. The topological polar surface area (TPSA) is 108 Å². The van der Waals surface area contributed by atoms with Crippen molar-refractivity contribution in [3.8, 4) is 5.75 Å². The molecule has 0 bridgehead atoms. The van der Waals surface area contributed by atoms with E-state index in [4.69, 9.17) is 10.5 Å². The van der Waals surface area contributed by atoms with Crippen molar-refractivity contribution in [2.75, 3.05) is 20.0 Å². The lowest BCUT2D eigenvalue weighted by Crippen LogP contribution is -2.44. The molecule has 1 aromatic carbocycles. The highest BCUT2D eigenvalue weighted by Crippen LogP contribution is 2.24. The van der Waals surface area contributed by atoms with Gasteiger partial charge in [-0.2, -0.15) is 4.72 Å². The van der Waals surface area contributed by atoms with E-state index >= 15 is 0 Å². The summed E-state index contributed by atoms with van der Waals surface area (Å²) in [5, 5.41) is 0. The van der Waals surface area contributed by atoms with Crippen molar-refractivity contribution in [1.82, 2.24) is 4.72 Å². The van der Waals surface area contributed by atoms with E-state index in [1.54, 1.807) is 13.8 Å². The maximum atomic E-state index is 12.3. The molecule has 1 unspecified atom stereocenters. The fourth-order valence-corrected chi connectivity index (χ4v) is 3.07. The molecular weight excluding hydrogens is 296 g/mol. The predicted molar refractivity (Wildman–Crippen MR) is 78.4 cm³/mol. The third-order valence-corrected chi connectivity index (χ3v) is 4.35. The van der Waals surface area contributed by atoms with Crippen molar-refractivity contribution in [3.05, 3.63) is 18.2 Å². The average Bonchev–Trinajstić information content (AvgIpc) is 2.43. The number of carbonyl (C=O) groups excluding carboxylic acids is 1. The van der Waals surface area contributed by atoms with Gasteiger partial charge in [-0.05, 0) is 24.1 Å². The van der Waals surface area contributed by atoms with Gasteiger partial charge in [0.1, 0.15) is 11.8 Å². The number of nitrogens with one attached hydrogen (secondary N) is 1. The number of esters is 1. The Morgan fingerprint density at radius 2 is 1.90 bits per heavy atom. The smallest absolute Gasteiger partial charge is 0.324 e. The van der Waals surface area contributed by atoms with Crippen molar-refractivity contribution in [3.63, 3.8) is 0 Å². The molecule has 8 heteroatoms. The fraction of sp³-hybridized carbons (Fsp3) is 0.462. The summed E-state index contributed by atoms with van der Waals surface area (Å²) in [5.41, 5.74) is 5.89. The fourth-order valence-electron chi connectivity index (χ4n) is 1.70. The highest BCUT2D eigenvalue weighted by atomic mass is 32.2. The number of anilines is 1. The van der Waals surface area contributed by atoms with Gasteiger partial charge in [0.2, 0.25) is 10.0 Å². The molecule has 0 radical (unpaired) electrons. The van der Waals surface area contributed by atoms with Crippen LogP contribution in [0.15, 0.2) is 23.1 Å². The predicted octanol–water partition coefficient (Wildman–Crippen LogP) is 0.753. The van der Waals surface area contributed by atoms with Gasteiger partial charge >= 0.3 is 5.97 Å². The number of benzene rings is 1. The molecule has 1 atom stereocenters. The van der Waals surface area contributed by atoms with Crippen LogP contribution in [0.1, 0.15) is 13.8 Å². The largest absolute Gasteiger partial charge is 0.495 e. The highest BCUT2D eigenvalue weighted by Gasteiger charge is 2.29. The van der Waals surface area contributed by atoms with Crippen molar-refractivity contribution in [1.29, 1.82) is 0 Å². The van der Waals surface area contributed by atoms with Crippen LogP contribution >= 0.6 is 0 Å². The van der Waals surface area contributed by atoms with E-state index in [0.29, 0.717) is 5.75 Å². The number of nitrogens with two attached hydrogens (primary N) is 1. The molecule has 118 valence electrons. The standard InChI is InChI=1S/C13H20N2O5S/c1-8(2)12(13(16)20-4)15-21(17,18)9-5-6-11(19-3)10(14)7-9/h5-8,12,15H,14H2,1-4H3. The van der Waals surface area contributed by atoms with Crippen LogP contribution in [0.3, 0.4) is 0 Å². The molecule has 7 nitrogen and oxygen atoms in total. The monoisotopic (exact) mass is 316 g/mol. The third kappa shape index (κ3) is 4.08. The Kier molecular flexibility index (Phi) is 5.56. The molecule has 0 aromatic heterocycles. The first-order valence-electron chi connectivity index (χ1n) is 6.26. The molecule has 3 N–H and O–H groups in total. The lowest BCUT2D eigenvalue weighted by Gasteiger charge is -2.20. The van der Waals surface area contributed by atoms with Gasteiger partial charge in [-0.15, -0.1) is 0 Å². The Labute approximate surface area is 124 Å². The molecule has 21 heavy (non-hydrogen) atoms. The SMILES string of the molecule is COC(=O)C(NS(=O)(=O)c1ccc(OC)c(N)c1)C(C)C. The molecule has 0 amide bonds. The Morgan fingerprint density at radius 3 is 2.33 bits per heavy atom. The lowest BCUT2D eigenvalue weighted by atomic mass is 10.1. The number of nitrogen functional groups attached to an aromatic ring is 1. The minimum absolute atomic E-state index is 0.0460. The minimum atomic E-state index is -3.89. The van der Waals surface area contributed by atoms with Crippen LogP contribution in [-0.2, 0) is 19.6 Å². The van der Waals surface area contributed by atoms with Crippen LogP contribution in [0.4, 0.5) is 5.69 Å². The average molecular weight is 316 g/mol. The highest BCUT2D eigenvalue weighted by molar-refractivity contribution is 7.89. The van der Waals surface area contributed by atoms with Gasteiger partial charge in [0.15, 0.2) is 0 Å². The van der Waals surface area contributed by atoms with Gasteiger partial charge in [0.05, 0.1) is 24.8 Å². The third-order valence-electron chi connectivity index (χ3n) is 2.92. The molecule has 0 aliphatic heterocycles. The Bertz CT molecular complexity index is 613. The second-order valence-electron chi connectivity index (χ2n) is 4.77. The van der Waals surface area contributed by atoms with Crippen molar-refractivity contribution < 1.29 is 22.7 Å². The summed E-state index contributed by atoms with van der Waals surface area (Å²) in [6, 6.07) is 3.11. The normalized spacial score (nSPS) is 13.0. The molecule has 0 saturated carbocycles. The Balaban J connectivity index is 3.10. The summed E-state index contributed by atoms with van der Waals surface area (Å²) in [4.78, 5) is 11.6. The summed E-state index contributed by atoms with van der Waals surface area (Å²) in [6.45, 7) is 3.43. The Hall–Kier alpha value is -1.80. The van der Waals surface area contributed by atoms with Crippen molar-refractivity contribution in [2.45, 2.75) is 24.8 Å². The van der Waals surface area contributed by atoms with E-state index < -0.39 is 22.0 Å². The number of hydrogen-bond donors (Lipinski definition) is 2. The van der Waals surface area contributed by atoms with Crippen LogP contribution in [0.25, 0.3) is 0 Å². The van der Waals surface area contributed by atoms with E-state index in [1.165, 1.54) is 32.4 Å². The summed E-state index contributed by atoms with van der Waals surface area (Å²) in [5.74, 6) is -0.528. The minimum Gasteiger partial charge on any atom is -0.495 e. The molecule has 0 heterocycles. The molecule has 0 aliphatic rings. The molecular formula is C13H20N2O5S. The maximum Gasteiger partial charge on any atom is 0.324 e. The number of methoxy groups -OCH3 is 2. The zero-order valence-corrected chi connectivity index (χ0v) is 13.2. The van der Waals surface area contributed by atoms with E-state index in [2.05, 4.69) is 9.46 Å². The van der Waals surface area contributed by atoms with E-state index in [-0.39, 0.29) is 16.5 Å². The molecule has 1 aromatic rings. The van der Waals surface area contributed by atoms with E-state index in [1.807, 2.05) is 0 Å². The molecule has 0 fully saturated rings. The van der Waals surface area contributed by atoms with Crippen LogP contribution in [0.5, 0.6) is 5.75 Å². The van der Waals surface area contributed by atoms with E-state index in [9.17, 15) is 13.2 Å². The Morgan fingerprint density at radius 1 is 1.29 bits per heavy atom. The van der Waals surface area contributed by atoms with Crippen molar-refractivity contribution >= 4 is 21.7 Å². The first-order valence-corrected chi connectivity index (χ1v) is 7.75. The number of hydrogen-bond acceptors (Lipinski definition) is 6. The molecule has 1 rings (SSSR count). The second-order valence-corrected chi connectivity index (χ2v) is 6.48. The van der Waals surface area contributed by atoms with Gasteiger partial charge in [-0.3, -0.25) is 4.79 Å². The van der Waals surface area contributed by atoms with Gasteiger partial charge in [-0.1, -0.05) is 13.8 Å². The quantitative estimate of drug-likeness (QED) is 0.592. The first-order chi connectivity index (χ1) is 9.72.